The number of ether oxygens (including phenoxy) is 1. The Hall–Kier alpha value is -1.28. The molecule has 0 spiro atoms. The average molecular weight is 251 g/mol. The number of hydrogen-bond acceptors (Lipinski definition) is 2. The minimum Gasteiger partial charge on any atom is -0.492 e. The normalized spacial score (nSPS) is 16.9. The van der Waals surface area contributed by atoms with Crippen molar-refractivity contribution in [3.05, 3.63) is 35.4 Å². The van der Waals surface area contributed by atoms with E-state index >= 15 is 0 Å². The lowest BCUT2D eigenvalue weighted by molar-refractivity contribution is -0.112. The third-order valence-electron chi connectivity index (χ3n) is 2.91. The predicted octanol–water partition coefficient (Wildman–Crippen LogP) is 3.18. The highest BCUT2D eigenvalue weighted by atomic mass is 35.5. The van der Waals surface area contributed by atoms with Crippen LogP contribution in [-0.2, 0) is 10.2 Å². The molecule has 0 fully saturated rings. The van der Waals surface area contributed by atoms with Gasteiger partial charge in [-0.2, -0.15) is 0 Å². The highest BCUT2D eigenvalue weighted by Crippen LogP contribution is 2.38. The summed E-state index contributed by atoms with van der Waals surface area (Å²) in [6.07, 6.45) is 3.30. The fourth-order valence-electron chi connectivity index (χ4n) is 1.88. The van der Waals surface area contributed by atoms with Crippen molar-refractivity contribution in [3.63, 3.8) is 0 Å². The van der Waals surface area contributed by atoms with Crippen molar-refractivity contribution >= 4 is 23.5 Å². The van der Waals surface area contributed by atoms with E-state index in [1.165, 1.54) is 11.6 Å². The van der Waals surface area contributed by atoms with Crippen LogP contribution in [0, 0.1) is 0 Å². The van der Waals surface area contributed by atoms with Gasteiger partial charge in [-0.25, -0.2) is 0 Å². The minimum atomic E-state index is -0.0809. The molecule has 0 N–H and O–H groups in total. The van der Waals surface area contributed by atoms with Crippen molar-refractivity contribution in [2.75, 3.05) is 12.5 Å². The first-order chi connectivity index (χ1) is 8.03. The standard InChI is InChI=1S/C14H15ClO2/c1-14(2)9-17-13-6-4-10(7-12(13)14)3-5-11(16)8-15/h3-7H,8-9H2,1-2H3/b5-3+. The first-order valence-corrected chi connectivity index (χ1v) is 6.10. The molecule has 1 aromatic carbocycles. The van der Waals surface area contributed by atoms with Crippen LogP contribution in [0.25, 0.3) is 6.08 Å². The quantitative estimate of drug-likeness (QED) is 0.608. The molecule has 0 aromatic heterocycles. The monoisotopic (exact) mass is 250 g/mol. The molecule has 0 atom stereocenters. The van der Waals surface area contributed by atoms with E-state index in [0.717, 1.165) is 11.3 Å². The first-order valence-electron chi connectivity index (χ1n) is 5.57. The SMILES string of the molecule is CC1(C)COc2ccc(/C=C/C(=O)CCl)cc21. The van der Waals surface area contributed by atoms with E-state index < -0.39 is 0 Å². The summed E-state index contributed by atoms with van der Waals surface area (Å²) in [5, 5.41) is 0. The topological polar surface area (TPSA) is 26.3 Å². The molecule has 0 aliphatic carbocycles. The minimum absolute atomic E-state index is 0.0239. The highest BCUT2D eigenvalue weighted by molar-refractivity contribution is 6.29. The molecule has 2 nitrogen and oxygen atoms in total. The summed E-state index contributed by atoms with van der Waals surface area (Å²) in [5.41, 5.74) is 2.23. The molecule has 1 aliphatic rings. The van der Waals surface area contributed by atoms with Crippen molar-refractivity contribution < 1.29 is 9.53 Å². The Morgan fingerprint density at radius 2 is 2.29 bits per heavy atom. The van der Waals surface area contributed by atoms with Gasteiger partial charge in [-0.05, 0) is 23.8 Å². The van der Waals surface area contributed by atoms with E-state index in [4.69, 9.17) is 16.3 Å². The van der Waals surface area contributed by atoms with Crippen LogP contribution >= 0.6 is 11.6 Å². The van der Waals surface area contributed by atoms with Crippen LogP contribution in [0.5, 0.6) is 5.75 Å². The van der Waals surface area contributed by atoms with Crippen LogP contribution in [0.1, 0.15) is 25.0 Å². The Kier molecular flexibility index (Phi) is 3.25. The lowest BCUT2D eigenvalue weighted by atomic mass is 9.86. The van der Waals surface area contributed by atoms with Crippen molar-refractivity contribution in [1.82, 2.24) is 0 Å². The Balaban J connectivity index is 2.28. The second-order valence-electron chi connectivity index (χ2n) is 4.86. The lowest BCUT2D eigenvalue weighted by Gasteiger charge is -2.15. The molecule has 1 heterocycles. The van der Waals surface area contributed by atoms with Crippen molar-refractivity contribution in [3.8, 4) is 5.75 Å². The largest absolute Gasteiger partial charge is 0.492 e. The summed E-state index contributed by atoms with van der Waals surface area (Å²) in [4.78, 5) is 11.1. The number of alkyl halides is 1. The number of benzene rings is 1. The van der Waals surface area contributed by atoms with E-state index in [2.05, 4.69) is 19.9 Å². The molecule has 17 heavy (non-hydrogen) atoms. The van der Waals surface area contributed by atoms with Crippen molar-refractivity contribution in [2.45, 2.75) is 19.3 Å². The van der Waals surface area contributed by atoms with Crippen LogP contribution in [0.4, 0.5) is 0 Å². The number of rotatable bonds is 3. The van der Waals surface area contributed by atoms with Gasteiger partial charge >= 0.3 is 0 Å². The third-order valence-corrected chi connectivity index (χ3v) is 3.18. The maximum absolute atomic E-state index is 11.1. The molecular formula is C14H15ClO2. The molecule has 0 saturated heterocycles. The molecule has 1 aliphatic heterocycles. The van der Waals surface area contributed by atoms with Gasteiger partial charge < -0.3 is 4.74 Å². The molecule has 90 valence electrons. The number of ketones is 1. The Morgan fingerprint density at radius 3 is 3.00 bits per heavy atom. The predicted molar refractivity (Wildman–Crippen MR) is 69.7 cm³/mol. The molecule has 0 amide bonds. The maximum atomic E-state index is 11.1. The van der Waals surface area contributed by atoms with Gasteiger partial charge in [0.15, 0.2) is 5.78 Å². The van der Waals surface area contributed by atoms with Gasteiger partial charge in [-0.3, -0.25) is 4.79 Å². The van der Waals surface area contributed by atoms with E-state index in [1.807, 2.05) is 12.1 Å². The molecule has 2 rings (SSSR count). The Morgan fingerprint density at radius 1 is 1.53 bits per heavy atom. The van der Waals surface area contributed by atoms with E-state index in [-0.39, 0.29) is 17.1 Å². The molecule has 0 radical (unpaired) electrons. The fraction of sp³-hybridized carbons (Fsp3) is 0.357. The van der Waals surface area contributed by atoms with Gasteiger partial charge in [-0.1, -0.05) is 26.0 Å². The molecule has 0 bridgehead atoms. The molecule has 0 saturated carbocycles. The number of carbonyl (C=O) groups is 1. The number of hydrogen-bond donors (Lipinski definition) is 0. The van der Waals surface area contributed by atoms with Crippen LogP contribution in [0.15, 0.2) is 24.3 Å². The first kappa shape index (κ1) is 12.2. The van der Waals surface area contributed by atoms with E-state index in [0.29, 0.717) is 6.61 Å². The fourth-order valence-corrected chi connectivity index (χ4v) is 1.96. The summed E-state index contributed by atoms with van der Waals surface area (Å²) < 4.78 is 5.60. The zero-order valence-corrected chi connectivity index (χ0v) is 10.8. The third kappa shape index (κ3) is 2.52. The van der Waals surface area contributed by atoms with Gasteiger partial charge in [0, 0.05) is 11.0 Å². The second kappa shape index (κ2) is 4.53. The van der Waals surface area contributed by atoms with Crippen LogP contribution < -0.4 is 4.74 Å². The van der Waals surface area contributed by atoms with Gasteiger partial charge in [-0.15, -0.1) is 11.6 Å². The smallest absolute Gasteiger partial charge is 0.170 e. The summed E-state index contributed by atoms with van der Waals surface area (Å²) in [5.74, 6) is 0.884. The number of allylic oxidation sites excluding steroid dienone is 1. The average Bonchev–Trinajstić information content (AvgIpc) is 2.62. The van der Waals surface area contributed by atoms with E-state index in [1.54, 1.807) is 6.08 Å². The van der Waals surface area contributed by atoms with Crippen LogP contribution in [0.3, 0.4) is 0 Å². The number of halogens is 1. The van der Waals surface area contributed by atoms with Crippen molar-refractivity contribution in [1.29, 1.82) is 0 Å². The molecule has 1 aromatic rings. The van der Waals surface area contributed by atoms with Gasteiger partial charge in [0.25, 0.3) is 0 Å². The van der Waals surface area contributed by atoms with E-state index in [9.17, 15) is 4.79 Å². The Labute approximate surface area is 106 Å². The van der Waals surface area contributed by atoms with Gasteiger partial charge in [0.1, 0.15) is 5.75 Å². The number of carbonyl (C=O) groups excluding carboxylic acids is 1. The van der Waals surface area contributed by atoms with Crippen LogP contribution in [-0.4, -0.2) is 18.3 Å². The zero-order chi connectivity index (χ0) is 12.5. The second-order valence-corrected chi connectivity index (χ2v) is 5.13. The molecule has 0 unspecified atom stereocenters. The summed E-state index contributed by atoms with van der Waals surface area (Å²) in [7, 11) is 0. The number of fused-ring (bicyclic) bond motifs is 1. The summed E-state index contributed by atoms with van der Waals surface area (Å²) in [6.45, 7) is 5.00. The highest BCUT2D eigenvalue weighted by Gasteiger charge is 2.31. The Bertz CT molecular complexity index is 475. The zero-order valence-electron chi connectivity index (χ0n) is 10.00. The summed E-state index contributed by atoms with van der Waals surface area (Å²) in [6, 6.07) is 5.97. The van der Waals surface area contributed by atoms with Crippen LogP contribution in [0.2, 0.25) is 0 Å². The summed E-state index contributed by atoms with van der Waals surface area (Å²) >= 11 is 5.44. The lowest BCUT2D eigenvalue weighted by Crippen LogP contribution is -2.18. The van der Waals surface area contributed by atoms with Gasteiger partial charge in [0.05, 0.1) is 12.5 Å². The maximum Gasteiger partial charge on any atom is 0.170 e. The van der Waals surface area contributed by atoms with Gasteiger partial charge in [0.2, 0.25) is 0 Å². The van der Waals surface area contributed by atoms with Crippen molar-refractivity contribution in [2.24, 2.45) is 0 Å². The molecular weight excluding hydrogens is 236 g/mol. The molecule has 3 heteroatoms.